The molecule has 2 aromatic carbocycles. The van der Waals surface area contributed by atoms with Gasteiger partial charge in [0.15, 0.2) is 0 Å². The van der Waals surface area contributed by atoms with Crippen LogP contribution >= 0.6 is 0 Å². The van der Waals surface area contributed by atoms with E-state index in [1.165, 1.54) is 10.7 Å². The Hall–Kier alpha value is -3.98. The zero-order chi connectivity index (χ0) is 23.3. The highest BCUT2D eigenvalue weighted by Crippen LogP contribution is 2.18. The fourth-order valence-electron chi connectivity index (χ4n) is 2.98. The van der Waals surface area contributed by atoms with Gasteiger partial charge >= 0.3 is 0 Å². The van der Waals surface area contributed by atoms with Crippen LogP contribution in [0.15, 0.2) is 65.5 Å². The maximum Gasteiger partial charge on any atom is 0.290 e. The number of nitrogens with one attached hydrogen (secondary N) is 2. The lowest BCUT2D eigenvalue weighted by molar-refractivity contribution is -0.122. The van der Waals surface area contributed by atoms with Crippen LogP contribution in [0.4, 0.5) is 5.69 Å². The van der Waals surface area contributed by atoms with Crippen LogP contribution in [0.2, 0.25) is 0 Å². The van der Waals surface area contributed by atoms with E-state index in [-0.39, 0.29) is 17.9 Å². The first-order valence-corrected chi connectivity index (χ1v) is 10.1. The van der Waals surface area contributed by atoms with Gasteiger partial charge in [-0.2, -0.15) is 5.10 Å². The first kappa shape index (κ1) is 24.3. The molecule has 3 aromatic rings. The number of carboxylic acid groups (broad SMARTS) is 1. The molecule has 5 N–H and O–H groups in total. The standard InChI is InChI=1S/C22H25N5O2.CH2O2/c1-2-24-19-8-3-5-16(13-19)15-27-21(28)10-9-20(26-27)17-6-4-7-18(14-17)22(29)25-12-11-23;2-1-3/h3-10,13-14,24H,2,11-12,15,23H2,1H3,(H,25,29);1H,(H,2,3). The molecule has 0 saturated carbocycles. The summed E-state index contributed by atoms with van der Waals surface area (Å²) in [5, 5.41) is 17.4. The predicted octanol–water partition coefficient (Wildman–Crippen LogP) is 1.78. The molecule has 0 atom stereocenters. The van der Waals surface area contributed by atoms with Crippen molar-refractivity contribution in [1.29, 1.82) is 0 Å². The molecule has 9 heteroatoms. The van der Waals surface area contributed by atoms with Gasteiger partial charge in [0.2, 0.25) is 0 Å². The monoisotopic (exact) mass is 437 g/mol. The molecule has 1 aromatic heterocycles. The Kier molecular flexibility index (Phi) is 9.61. The molecule has 9 nitrogen and oxygen atoms in total. The Balaban J connectivity index is 0.00000114. The van der Waals surface area contributed by atoms with Crippen molar-refractivity contribution in [3.05, 3.63) is 82.1 Å². The van der Waals surface area contributed by atoms with E-state index < -0.39 is 0 Å². The molecule has 0 fully saturated rings. The van der Waals surface area contributed by atoms with Crippen molar-refractivity contribution in [2.24, 2.45) is 5.73 Å². The third kappa shape index (κ3) is 7.06. The second kappa shape index (κ2) is 12.7. The summed E-state index contributed by atoms with van der Waals surface area (Å²) in [5.74, 6) is -0.189. The van der Waals surface area contributed by atoms with Gasteiger partial charge in [0.05, 0.1) is 12.2 Å². The fourth-order valence-corrected chi connectivity index (χ4v) is 2.98. The van der Waals surface area contributed by atoms with Crippen molar-refractivity contribution in [3.8, 4) is 11.3 Å². The lowest BCUT2D eigenvalue weighted by atomic mass is 10.1. The van der Waals surface area contributed by atoms with E-state index in [0.717, 1.165) is 23.4 Å². The van der Waals surface area contributed by atoms with Gasteiger partial charge in [-0.15, -0.1) is 0 Å². The summed E-state index contributed by atoms with van der Waals surface area (Å²) in [5.41, 5.74) is 9.15. The molecule has 0 unspecified atom stereocenters. The average Bonchev–Trinajstić information content (AvgIpc) is 2.80. The smallest absolute Gasteiger partial charge is 0.290 e. The molecule has 1 heterocycles. The Morgan fingerprint density at radius 2 is 1.91 bits per heavy atom. The lowest BCUT2D eigenvalue weighted by Crippen LogP contribution is -2.29. The van der Waals surface area contributed by atoms with Crippen LogP contribution in [0.3, 0.4) is 0 Å². The minimum absolute atomic E-state index is 0.181. The second-order valence-electron chi connectivity index (χ2n) is 6.68. The normalized spacial score (nSPS) is 9.94. The molecule has 0 radical (unpaired) electrons. The SMILES string of the molecule is CCNc1cccc(Cn2nc(-c3cccc(C(=O)NCCN)c3)ccc2=O)c1.O=CO. The number of amides is 1. The maximum absolute atomic E-state index is 12.3. The number of nitrogens with zero attached hydrogens (tertiary/aromatic N) is 2. The van der Waals surface area contributed by atoms with E-state index in [1.54, 1.807) is 24.3 Å². The maximum atomic E-state index is 12.3. The third-order valence-corrected chi connectivity index (χ3v) is 4.36. The van der Waals surface area contributed by atoms with E-state index in [1.807, 2.05) is 37.3 Å². The molecule has 1 amide bonds. The summed E-state index contributed by atoms with van der Waals surface area (Å²) in [6, 6.07) is 18.2. The van der Waals surface area contributed by atoms with Gasteiger partial charge in [0.1, 0.15) is 0 Å². The molecule has 0 bridgehead atoms. The van der Waals surface area contributed by atoms with Crippen LogP contribution in [0.1, 0.15) is 22.8 Å². The molecule has 3 rings (SSSR count). The van der Waals surface area contributed by atoms with Crippen molar-refractivity contribution in [2.75, 3.05) is 25.0 Å². The minimum atomic E-state index is -0.250. The summed E-state index contributed by atoms with van der Waals surface area (Å²) in [7, 11) is 0. The number of carbonyl (C=O) groups excluding carboxylic acids is 1. The Morgan fingerprint density at radius 3 is 2.62 bits per heavy atom. The van der Waals surface area contributed by atoms with Crippen molar-refractivity contribution in [3.63, 3.8) is 0 Å². The molecule has 0 spiro atoms. The number of carbonyl (C=O) groups is 2. The van der Waals surface area contributed by atoms with Gasteiger partial charge in [0, 0.05) is 42.5 Å². The van der Waals surface area contributed by atoms with E-state index in [9.17, 15) is 9.59 Å². The van der Waals surface area contributed by atoms with Crippen LogP contribution < -0.4 is 21.9 Å². The summed E-state index contributed by atoms with van der Waals surface area (Å²) >= 11 is 0. The average molecular weight is 438 g/mol. The van der Waals surface area contributed by atoms with Crippen molar-refractivity contribution in [2.45, 2.75) is 13.5 Å². The number of anilines is 1. The second-order valence-corrected chi connectivity index (χ2v) is 6.68. The molecular formula is C23H27N5O4. The molecule has 32 heavy (non-hydrogen) atoms. The summed E-state index contributed by atoms with van der Waals surface area (Å²) in [6.45, 7) is 3.77. The van der Waals surface area contributed by atoms with Gasteiger partial charge in [-0.1, -0.05) is 24.3 Å². The van der Waals surface area contributed by atoms with Gasteiger partial charge in [-0.05, 0) is 42.8 Å². The summed E-state index contributed by atoms with van der Waals surface area (Å²) in [6.07, 6.45) is 0. The van der Waals surface area contributed by atoms with Gasteiger partial charge in [0.25, 0.3) is 17.9 Å². The van der Waals surface area contributed by atoms with Gasteiger partial charge in [-0.25, -0.2) is 4.68 Å². The van der Waals surface area contributed by atoms with E-state index >= 15 is 0 Å². The van der Waals surface area contributed by atoms with Crippen molar-refractivity contribution in [1.82, 2.24) is 15.1 Å². The summed E-state index contributed by atoms with van der Waals surface area (Å²) < 4.78 is 1.43. The van der Waals surface area contributed by atoms with E-state index in [0.29, 0.717) is 30.9 Å². The highest BCUT2D eigenvalue weighted by molar-refractivity contribution is 5.95. The number of hydrogen-bond acceptors (Lipinski definition) is 6. The molecule has 0 aliphatic rings. The topological polar surface area (TPSA) is 139 Å². The molecule has 0 aliphatic carbocycles. The van der Waals surface area contributed by atoms with Crippen LogP contribution in [-0.4, -0.2) is 46.9 Å². The third-order valence-electron chi connectivity index (χ3n) is 4.36. The number of benzene rings is 2. The fraction of sp³-hybridized carbons (Fsp3) is 0.217. The lowest BCUT2D eigenvalue weighted by Gasteiger charge is -2.10. The first-order chi connectivity index (χ1) is 15.5. The van der Waals surface area contributed by atoms with Crippen LogP contribution in [-0.2, 0) is 11.3 Å². The molecule has 0 aliphatic heterocycles. The summed E-state index contributed by atoms with van der Waals surface area (Å²) in [4.78, 5) is 32.9. The number of hydrogen-bond donors (Lipinski definition) is 4. The van der Waals surface area contributed by atoms with Crippen LogP contribution in [0.25, 0.3) is 11.3 Å². The van der Waals surface area contributed by atoms with E-state index in [2.05, 4.69) is 15.7 Å². The first-order valence-electron chi connectivity index (χ1n) is 10.1. The van der Waals surface area contributed by atoms with Crippen LogP contribution in [0.5, 0.6) is 0 Å². The zero-order valence-electron chi connectivity index (χ0n) is 17.8. The highest BCUT2D eigenvalue weighted by atomic mass is 16.3. The zero-order valence-corrected chi connectivity index (χ0v) is 17.8. The molecule has 0 saturated heterocycles. The van der Waals surface area contributed by atoms with E-state index in [4.69, 9.17) is 15.6 Å². The quantitative estimate of drug-likeness (QED) is 0.394. The minimum Gasteiger partial charge on any atom is -0.483 e. The van der Waals surface area contributed by atoms with Gasteiger partial charge in [-0.3, -0.25) is 14.4 Å². The molecule has 168 valence electrons. The largest absolute Gasteiger partial charge is 0.483 e. The number of aromatic nitrogens is 2. The Morgan fingerprint density at radius 1 is 1.16 bits per heavy atom. The van der Waals surface area contributed by atoms with Crippen LogP contribution in [0, 0.1) is 0 Å². The molecular weight excluding hydrogens is 410 g/mol. The number of nitrogens with two attached hydrogens (primary N) is 1. The Labute approximate surface area is 185 Å². The van der Waals surface area contributed by atoms with Gasteiger partial charge < -0.3 is 21.5 Å². The Bertz CT molecular complexity index is 1100. The predicted molar refractivity (Wildman–Crippen MR) is 124 cm³/mol. The van der Waals surface area contributed by atoms with Crippen molar-refractivity contribution < 1.29 is 14.7 Å². The number of rotatable bonds is 8. The highest BCUT2D eigenvalue weighted by Gasteiger charge is 2.09. The van der Waals surface area contributed by atoms with Crippen molar-refractivity contribution >= 4 is 18.1 Å².